The van der Waals surface area contributed by atoms with Crippen molar-refractivity contribution in [3.63, 3.8) is 0 Å². The first-order valence-corrected chi connectivity index (χ1v) is 3.17. The van der Waals surface area contributed by atoms with Crippen LogP contribution in [0.4, 0.5) is 4.79 Å². The molecule has 0 radical (unpaired) electrons. The van der Waals surface area contributed by atoms with Crippen molar-refractivity contribution in [1.29, 1.82) is 0 Å². The highest BCUT2D eigenvalue weighted by Gasteiger charge is 2.07. The molecular weight excluding hydrogens is 172 g/mol. The quantitative estimate of drug-likeness (QED) is 0.497. The lowest BCUT2D eigenvalue weighted by atomic mass is 10.2. The number of ether oxygens (including phenoxy) is 1. The van der Waals surface area contributed by atoms with Crippen LogP contribution in [-0.4, -0.2) is 22.6 Å². The van der Waals surface area contributed by atoms with Crippen molar-refractivity contribution >= 4 is 23.5 Å². The summed E-state index contributed by atoms with van der Waals surface area (Å²) in [7, 11) is 0. The van der Waals surface area contributed by atoms with Crippen LogP contribution >= 0.6 is 11.6 Å². The molecular formula is C6H11ClO4. The van der Waals surface area contributed by atoms with Crippen LogP contribution in [0.5, 0.6) is 0 Å². The van der Waals surface area contributed by atoms with Crippen molar-refractivity contribution < 1.29 is 19.4 Å². The zero-order valence-electron chi connectivity index (χ0n) is 6.63. The molecule has 11 heavy (non-hydrogen) atoms. The Morgan fingerprint density at radius 2 is 1.82 bits per heavy atom. The Morgan fingerprint density at radius 3 is 1.82 bits per heavy atom. The molecule has 0 aromatic heterocycles. The Morgan fingerprint density at radius 1 is 1.55 bits per heavy atom. The van der Waals surface area contributed by atoms with Crippen molar-refractivity contribution in [3.8, 4) is 0 Å². The second kappa shape index (κ2) is 5.97. The van der Waals surface area contributed by atoms with Gasteiger partial charge in [0, 0.05) is 11.6 Å². The molecule has 0 fully saturated rings. The van der Waals surface area contributed by atoms with Crippen LogP contribution in [0, 0.1) is 0 Å². The molecule has 66 valence electrons. The van der Waals surface area contributed by atoms with Crippen LogP contribution in [-0.2, 0) is 9.53 Å². The minimum atomic E-state index is -1.36. The number of carboxylic acid groups (broad SMARTS) is 1. The third-order valence-electron chi connectivity index (χ3n) is 0.402. The van der Waals surface area contributed by atoms with Crippen LogP contribution in [0.1, 0.15) is 20.8 Å². The maximum Gasteiger partial charge on any atom is 0.401 e. The highest BCUT2D eigenvalue weighted by Crippen LogP contribution is 2.02. The van der Waals surface area contributed by atoms with Crippen LogP contribution in [0.3, 0.4) is 0 Å². The molecule has 0 aromatic rings. The zero-order chi connectivity index (χ0) is 9.49. The lowest BCUT2D eigenvalue weighted by molar-refractivity contribution is -0.138. The van der Waals surface area contributed by atoms with E-state index in [-0.39, 0.29) is 5.60 Å². The van der Waals surface area contributed by atoms with Gasteiger partial charge in [0.1, 0.15) is 5.60 Å². The Hall–Kier alpha value is -0.770. The topological polar surface area (TPSA) is 63.6 Å². The minimum Gasteiger partial charge on any atom is -0.469 e. The third-order valence-corrected chi connectivity index (χ3v) is 0.402. The molecule has 0 bridgehead atoms. The van der Waals surface area contributed by atoms with Crippen molar-refractivity contribution in [2.24, 2.45) is 0 Å². The summed E-state index contributed by atoms with van der Waals surface area (Å²) in [5.74, 6) is 0. The number of carbonyl (C=O) groups is 2. The van der Waals surface area contributed by atoms with E-state index in [1.165, 1.54) is 0 Å². The molecule has 0 rings (SSSR count). The van der Waals surface area contributed by atoms with Gasteiger partial charge in [-0.25, -0.2) is 4.79 Å². The van der Waals surface area contributed by atoms with Crippen LogP contribution in [0.15, 0.2) is 0 Å². The molecule has 0 atom stereocenters. The smallest absolute Gasteiger partial charge is 0.401 e. The third kappa shape index (κ3) is 46.2. The molecule has 0 aliphatic heterocycles. The second-order valence-corrected chi connectivity index (χ2v) is 2.90. The SMILES string of the molecule is CC(C)(C)OC=O.O=C(O)Cl. The number of rotatable bonds is 1. The van der Waals surface area contributed by atoms with Crippen molar-refractivity contribution in [2.75, 3.05) is 0 Å². The average molecular weight is 183 g/mol. The van der Waals surface area contributed by atoms with Gasteiger partial charge in [0.05, 0.1) is 0 Å². The van der Waals surface area contributed by atoms with Gasteiger partial charge in [0.2, 0.25) is 0 Å². The maximum absolute atomic E-state index is 9.60. The first-order chi connectivity index (χ1) is 4.79. The van der Waals surface area contributed by atoms with Gasteiger partial charge in [0.25, 0.3) is 6.47 Å². The zero-order valence-corrected chi connectivity index (χ0v) is 7.38. The monoisotopic (exact) mass is 182 g/mol. The average Bonchev–Trinajstić information content (AvgIpc) is 1.58. The van der Waals surface area contributed by atoms with Gasteiger partial charge in [-0.1, -0.05) is 0 Å². The Bertz CT molecular complexity index is 123. The molecule has 0 amide bonds. The molecule has 0 aliphatic carbocycles. The van der Waals surface area contributed by atoms with Crippen molar-refractivity contribution in [1.82, 2.24) is 0 Å². The predicted molar refractivity (Wildman–Crippen MR) is 40.8 cm³/mol. The van der Waals surface area contributed by atoms with Gasteiger partial charge < -0.3 is 9.84 Å². The van der Waals surface area contributed by atoms with Crippen LogP contribution in [0.25, 0.3) is 0 Å². The standard InChI is InChI=1S/C5H10O2.CHClO2/c1-5(2,3)7-4-6;2-1(3)4/h4H,1-3H3;(H,3,4). The van der Waals surface area contributed by atoms with Crippen LogP contribution < -0.4 is 0 Å². The molecule has 0 unspecified atom stereocenters. The fourth-order valence-corrected chi connectivity index (χ4v) is 0.144. The minimum absolute atomic E-state index is 0.318. The van der Waals surface area contributed by atoms with Crippen molar-refractivity contribution in [2.45, 2.75) is 26.4 Å². The molecule has 0 saturated heterocycles. The summed E-state index contributed by atoms with van der Waals surface area (Å²) in [6.45, 7) is 5.92. The molecule has 0 heterocycles. The van der Waals surface area contributed by atoms with Gasteiger partial charge >= 0.3 is 5.43 Å². The number of carbonyl (C=O) groups excluding carboxylic acids is 1. The number of hydrogen-bond donors (Lipinski definition) is 1. The maximum atomic E-state index is 9.60. The Balaban J connectivity index is 0. The molecule has 0 aromatic carbocycles. The Labute approximate surface area is 70.1 Å². The summed E-state index contributed by atoms with van der Waals surface area (Å²) in [6.07, 6.45) is 0. The summed E-state index contributed by atoms with van der Waals surface area (Å²) in [6, 6.07) is 0. The van der Waals surface area contributed by atoms with E-state index in [4.69, 9.17) is 9.90 Å². The van der Waals surface area contributed by atoms with E-state index in [9.17, 15) is 4.79 Å². The predicted octanol–water partition coefficient (Wildman–Crippen LogP) is 1.86. The lowest BCUT2D eigenvalue weighted by Crippen LogP contribution is -2.17. The van der Waals surface area contributed by atoms with Gasteiger partial charge in [0.15, 0.2) is 0 Å². The van der Waals surface area contributed by atoms with E-state index >= 15 is 0 Å². The highest BCUT2D eigenvalue weighted by atomic mass is 35.5. The summed E-state index contributed by atoms with van der Waals surface area (Å²) in [4.78, 5) is 18.4. The molecule has 1 N–H and O–H groups in total. The van der Waals surface area contributed by atoms with E-state index < -0.39 is 5.43 Å². The van der Waals surface area contributed by atoms with E-state index in [1.807, 2.05) is 20.8 Å². The second-order valence-electron chi connectivity index (χ2n) is 2.58. The molecule has 0 aliphatic rings. The lowest BCUT2D eigenvalue weighted by Gasteiger charge is -2.14. The first kappa shape index (κ1) is 12.9. The van der Waals surface area contributed by atoms with Gasteiger partial charge in [-0.05, 0) is 20.8 Å². The van der Waals surface area contributed by atoms with E-state index in [1.54, 1.807) is 0 Å². The summed E-state index contributed by atoms with van der Waals surface area (Å²) >= 11 is 4.19. The van der Waals surface area contributed by atoms with Crippen molar-refractivity contribution in [3.05, 3.63) is 0 Å². The number of hydrogen-bond acceptors (Lipinski definition) is 3. The molecule has 5 heteroatoms. The van der Waals surface area contributed by atoms with Gasteiger partial charge in [-0.15, -0.1) is 0 Å². The largest absolute Gasteiger partial charge is 0.469 e. The summed E-state index contributed by atoms with van der Waals surface area (Å²) in [5.41, 5.74) is -1.68. The molecule has 0 spiro atoms. The summed E-state index contributed by atoms with van der Waals surface area (Å²) in [5, 5.41) is 7.18. The van der Waals surface area contributed by atoms with E-state index in [0.717, 1.165) is 0 Å². The van der Waals surface area contributed by atoms with E-state index in [2.05, 4.69) is 16.3 Å². The molecule has 4 nitrogen and oxygen atoms in total. The van der Waals surface area contributed by atoms with Gasteiger partial charge in [-0.2, -0.15) is 0 Å². The highest BCUT2D eigenvalue weighted by molar-refractivity contribution is 6.60. The van der Waals surface area contributed by atoms with E-state index in [0.29, 0.717) is 6.47 Å². The Kier molecular flexibility index (Phi) is 6.99. The first-order valence-electron chi connectivity index (χ1n) is 2.79. The number of halogens is 1. The normalized spacial score (nSPS) is 9.09. The summed E-state index contributed by atoms with van der Waals surface area (Å²) < 4.78 is 4.55. The molecule has 0 saturated carbocycles. The van der Waals surface area contributed by atoms with Gasteiger partial charge in [-0.3, -0.25) is 4.79 Å². The van der Waals surface area contributed by atoms with Crippen LogP contribution in [0.2, 0.25) is 0 Å². The fraction of sp³-hybridized carbons (Fsp3) is 0.667. The fourth-order valence-electron chi connectivity index (χ4n) is 0.144.